The van der Waals surface area contributed by atoms with Crippen LogP contribution in [0.3, 0.4) is 0 Å². The fraction of sp³-hybridized carbons (Fsp3) is 0.174. The summed E-state index contributed by atoms with van der Waals surface area (Å²) in [6, 6.07) is 12.1. The largest absolute Gasteiger partial charge is 0.325 e. The number of rotatable bonds is 4. The fourth-order valence-electron chi connectivity index (χ4n) is 4.10. The molecule has 4 aromatic rings. The molecule has 3 aromatic heterocycles. The van der Waals surface area contributed by atoms with Gasteiger partial charge in [-0.25, -0.2) is 9.48 Å². The third-order valence-electron chi connectivity index (χ3n) is 5.69. The van der Waals surface area contributed by atoms with Gasteiger partial charge in [-0.3, -0.25) is 19.8 Å². The van der Waals surface area contributed by atoms with E-state index in [1.54, 1.807) is 17.9 Å². The molecule has 0 radical (unpaired) electrons. The van der Waals surface area contributed by atoms with Gasteiger partial charge in [0.2, 0.25) is 0 Å². The Hall–Kier alpha value is -4.07. The second kappa shape index (κ2) is 7.32. The highest BCUT2D eigenvalue weighted by Gasteiger charge is 2.41. The van der Waals surface area contributed by atoms with E-state index in [1.165, 1.54) is 11.8 Å². The molecule has 1 aliphatic rings. The summed E-state index contributed by atoms with van der Waals surface area (Å²) in [7, 11) is 1.71. The van der Waals surface area contributed by atoms with Crippen LogP contribution in [0.5, 0.6) is 0 Å². The number of nitrogens with zero attached hydrogens (tertiary/aromatic N) is 4. The molecule has 8 nitrogen and oxygen atoms in total. The third-order valence-corrected chi connectivity index (χ3v) is 5.69. The summed E-state index contributed by atoms with van der Waals surface area (Å²) in [6.07, 6.45) is 5.82. The predicted octanol–water partition coefficient (Wildman–Crippen LogP) is 2.38. The molecule has 1 aliphatic carbocycles. The number of pyridine rings is 1. The molecule has 1 fully saturated rings. The van der Waals surface area contributed by atoms with E-state index in [9.17, 15) is 9.59 Å². The van der Waals surface area contributed by atoms with Crippen LogP contribution in [0, 0.1) is 0 Å². The molecule has 0 saturated heterocycles. The first-order chi connectivity index (χ1) is 15.1. The first-order valence-corrected chi connectivity index (χ1v) is 9.95. The molecule has 0 spiro atoms. The summed E-state index contributed by atoms with van der Waals surface area (Å²) in [4.78, 5) is 37.5. The van der Waals surface area contributed by atoms with Crippen LogP contribution in [0.4, 0.5) is 0 Å². The van der Waals surface area contributed by atoms with Gasteiger partial charge in [-0.1, -0.05) is 24.8 Å². The summed E-state index contributed by atoms with van der Waals surface area (Å²) in [5.74, 6) is 0.524. The molecule has 5 rings (SSSR count). The van der Waals surface area contributed by atoms with Crippen molar-refractivity contribution in [1.29, 1.82) is 0 Å². The second-order valence-corrected chi connectivity index (χ2v) is 7.55. The number of para-hydroxylation sites is 1. The lowest BCUT2D eigenvalue weighted by Gasteiger charge is -2.10. The number of hydrogen-bond donors (Lipinski definition) is 2. The van der Waals surface area contributed by atoms with Gasteiger partial charge in [0.15, 0.2) is 5.49 Å². The summed E-state index contributed by atoms with van der Waals surface area (Å²) in [5, 5.41) is 5.60. The van der Waals surface area contributed by atoms with Gasteiger partial charge in [-0.05, 0) is 42.0 Å². The molecular formula is C23H20N6O2. The van der Waals surface area contributed by atoms with Gasteiger partial charge in [0.05, 0.1) is 16.8 Å². The zero-order valence-corrected chi connectivity index (χ0v) is 16.9. The van der Waals surface area contributed by atoms with E-state index in [0.29, 0.717) is 17.1 Å². The lowest BCUT2D eigenvalue weighted by molar-refractivity contribution is 0.794. The van der Waals surface area contributed by atoms with Crippen molar-refractivity contribution in [3.63, 3.8) is 0 Å². The highest BCUT2D eigenvalue weighted by Crippen LogP contribution is 2.54. The summed E-state index contributed by atoms with van der Waals surface area (Å²) >= 11 is 0. The molecule has 3 heterocycles. The molecule has 0 amide bonds. The summed E-state index contributed by atoms with van der Waals surface area (Å²) in [5.41, 5.74) is 3.50. The van der Waals surface area contributed by atoms with Gasteiger partial charge in [-0.15, -0.1) is 0 Å². The van der Waals surface area contributed by atoms with E-state index in [1.807, 2.05) is 30.5 Å². The first kappa shape index (κ1) is 18.9. The highest BCUT2D eigenvalue weighted by molar-refractivity contribution is 5.79. The van der Waals surface area contributed by atoms with E-state index < -0.39 is 11.2 Å². The zero-order valence-electron chi connectivity index (χ0n) is 16.9. The Labute approximate surface area is 176 Å². The van der Waals surface area contributed by atoms with Crippen molar-refractivity contribution in [1.82, 2.24) is 24.7 Å². The molecule has 2 N–H and O–H groups in total. The van der Waals surface area contributed by atoms with Crippen LogP contribution < -0.4 is 16.7 Å². The quantitative estimate of drug-likeness (QED) is 0.536. The number of aromatic nitrogens is 5. The molecular weight excluding hydrogens is 392 g/mol. The Kier molecular flexibility index (Phi) is 4.47. The second-order valence-electron chi connectivity index (χ2n) is 7.55. The monoisotopic (exact) mass is 412 g/mol. The molecule has 154 valence electrons. The van der Waals surface area contributed by atoms with Crippen molar-refractivity contribution >= 4 is 17.1 Å². The molecule has 8 heteroatoms. The minimum absolute atomic E-state index is 0.219. The van der Waals surface area contributed by atoms with Crippen LogP contribution in [-0.4, -0.2) is 31.8 Å². The topological polar surface area (TPSA) is 109 Å². The maximum absolute atomic E-state index is 12.3. The van der Waals surface area contributed by atoms with Gasteiger partial charge in [0.25, 0.3) is 5.56 Å². The van der Waals surface area contributed by atoms with Gasteiger partial charge < -0.3 is 4.98 Å². The van der Waals surface area contributed by atoms with E-state index >= 15 is 0 Å². The lowest BCUT2D eigenvalue weighted by atomic mass is 10.0. The fourth-order valence-corrected chi connectivity index (χ4v) is 4.10. The normalized spacial score (nSPS) is 18.3. The van der Waals surface area contributed by atoms with Crippen LogP contribution >= 0.6 is 0 Å². The molecule has 31 heavy (non-hydrogen) atoms. The van der Waals surface area contributed by atoms with Gasteiger partial charge in [0, 0.05) is 36.6 Å². The van der Waals surface area contributed by atoms with Crippen molar-refractivity contribution in [2.75, 3.05) is 7.05 Å². The van der Waals surface area contributed by atoms with Gasteiger partial charge in [-0.2, -0.15) is 5.10 Å². The average Bonchev–Trinajstić information content (AvgIpc) is 3.58. The molecule has 0 aliphatic heterocycles. The lowest BCUT2D eigenvalue weighted by Crippen LogP contribution is -2.27. The maximum Gasteiger partial charge on any atom is 0.325 e. The molecule has 0 bridgehead atoms. The zero-order chi connectivity index (χ0) is 21.5. The van der Waals surface area contributed by atoms with Crippen molar-refractivity contribution in [3.8, 4) is 11.3 Å². The molecule has 1 saturated carbocycles. The van der Waals surface area contributed by atoms with E-state index in [-0.39, 0.29) is 11.5 Å². The van der Waals surface area contributed by atoms with Gasteiger partial charge >= 0.3 is 5.69 Å². The summed E-state index contributed by atoms with van der Waals surface area (Å²) < 4.78 is 1.57. The number of benzene rings is 1. The molecule has 2 atom stereocenters. The van der Waals surface area contributed by atoms with Crippen LogP contribution in [0.2, 0.25) is 0 Å². The highest BCUT2D eigenvalue weighted by atomic mass is 16.2. The maximum atomic E-state index is 12.3. The Morgan fingerprint density at radius 1 is 1.23 bits per heavy atom. The average molecular weight is 412 g/mol. The van der Waals surface area contributed by atoms with Crippen molar-refractivity contribution < 1.29 is 0 Å². The molecule has 0 unspecified atom stereocenters. The van der Waals surface area contributed by atoms with Crippen molar-refractivity contribution in [2.24, 2.45) is 4.99 Å². The first-order valence-electron chi connectivity index (χ1n) is 9.95. The SMILES string of the molecule is C=Cn1nc(-c2c[nH]c(=O)[nH]c2=O)cc([C@H]2C[C@@H]2c2cnc3ccccc3c2)c1=NC. The Morgan fingerprint density at radius 3 is 2.84 bits per heavy atom. The van der Waals surface area contributed by atoms with Crippen LogP contribution in [0.1, 0.15) is 29.4 Å². The number of H-pyrrole nitrogens is 2. The van der Waals surface area contributed by atoms with Gasteiger partial charge in [0.1, 0.15) is 0 Å². The standard InChI is InChI=1S/C23H20N6O2/c1-3-29-21(24-2)17(10-20(28-29)18-12-26-23(31)27-22(18)30)16-9-15(16)14-8-13-6-4-5-7-19(13)25-11-14/h3-8,10-12,15-16H,1,9H2,2H3,(H2,26,27,30,31)/t15-,16+/m1/s1. The van der Waals surface area contributed by atoms with E-state index in [2.05, 4.69) is 43.8 Å². The Bertz CT molecular complexity index is 1510. The van der Waals surface area contributed by atoms with Crippen molar-refractivity contribution in [3.05, 3.63) is 92.8 Å². The van der Waals surface area contributed by atoms with E-state index in [4.69, 9.17) is 0 Å². The van der Waals surface area contributed by atoms with E-state index in [0.717, 1.165) is 22.9 Å². The van der Waals surface area contributed by atoms with Crippen LogP contribution in [-0.2, 0) is 0 Å². The smallest absolute Gasteiger partial charge is 0.313 e. The predicted molar refractivity (Wildman–Crippen MR) is 119 cm³/mol. The number of aromatic amines is 2. The number of nitrogens with one attached hydrogen (secondary N) is 2. The number of fused-ring (bicyclic) bond motifs is 1. The minimum Gasteiger partial charge on any atom is -0.313 e. The Morgan fingerprint density at radius 2 is 2.06 bits per heavy atom. The summed E-state index contributed by atoms with van der Waals surface area (Å²) in [6.45, 7) is 3.83. The van der Waals surface area contributed by atoms with Crippen LogP contribution in [0.25, 0.3) is 28.4 Å². The third kappa shape index (κ3) is 3.31. The minimum atomic E-state index is -0.559. The van der Waals surface area contributed by atoms with Crippen LogP contribution in [0.15, 0.2) is 70.0 Å². The Balaban J connectivity index is 1.60. The molecule has 1 aromatic carbocycles. The number of hydrogen-bond acceptors (Lipinski definition) is 5. The van der Waals surface area contributed by atoms with Crippen molar-refractivity contribution in [2.45, 2.75) is 18.3 Å².